The maximum Gasteiger partial charge on any atom is 0.405 e. The van der Waals surface area contributed by atoms with Crippen LogP contribution in [0.25, 0.3) is 0 Å². The van der Waals surface area contributed by atoms with Crippen LogP contribution >= 0.6 is 12.4 Å². The fourth-order valence-corrected chi connectivity index (χ4v) is 2.23. The number of alkyl halides is 3. The van der Waals surface area contributed by atoms with E-state index in [1.165, 1.54) is 4.90 Å². The molecule has 0 aliphatic carbocycles. The molecule has 1 aliphatic heterocycles. The van der Waals surface area contributed by atoms with Crippen molar-refractivity contribution in [1.82, 2.24) is 15.5 Å². The zero-order valence-electron chi connectivity index (χ0n) is 13.6. The molecule has 0 aromatic heterocycles. The molecule has 0 aromatic rings. The summed E-state index contributed by atoms with van der Waals surface area (Å²) in [5, 5.41) is 5.39. The first-order chi connectivity index (χ1) is 10.3. The third-order valence-electron chi connectivity index (χ3n) is 3.39. The van der Waals surface area contributed by atoms with Crippen LogP contribution in [0, 0.1) is 5.92 Å². The zero-order chi connectivity index (χ0) is 16.6. The number of amides is 1. The van der Waals surface area contributed by atoms with Crippen molar-refractivity contribution in [2.45, 2.75) is 32.5 Å². The predicted molar refractivity (Wildman–Crippen MR) is 84.8 cm³/mol. The lowest BCUT2D eigenvalue weighted by Gasteiger charge is -2.35. The van der Waals surface area contributed by atoms with Gasteiger partial charge in [0.2, 0.25) is 5.91 Å². The molecule has 138 valence electrons. The largest absolute Gasteiger partial charge is 0.405 e. The molecule has 1 atom stereocenters. The highest BCUT2D eigenvalue weighted by Crippen LogP contribution is 2.24. The molecule has 1 aliphatic rings. The average molecular weight is 362 g/mol. The molecular weight excluding hydrogens is 335 g/mol. The summed E-state index contributed by atoms with van der Waals surface area (Å²) in [6.07, 6.45) is -4.27. The van der Waals surface area contributed by atoms with Crippen LogP contribution in [-0.4, -0.2) is 69.0 Å². The van der Waals surface area contributed by atoms with Crippen molar-refractivity contribution in [2.75, 3.05) is 45.9 Å². The lowest BCUT2D eigenvalue weighted by atomic mass is 10.2. The highest BCUT2D eigenvalue weighted by atomic mass is 35.5. The summed E-state index contributed by atoms with van der Waals surface area (Å²) in [7, 11) is 0. The molecule has 0 aromatic carbocycles. The molecule has 2 N–H and O–H groups in total. The van der Waals surface area contributed by atoms with E-state index in [1.807, 2.05) is 13.8 Å². The van der Waals surface area contributed by atoms with Gasteiger partial charge in [-0.25, -0.2) is 0 Å². The smallest absolute Gasteiger partial charge is 0.381 e. The molecule has 5 nitrogen and oxygen atoms in total. The Kier molecular flexibility index (Phi) is 10.8. The number of rotatable bonds is 8. The van der Waals surface area contributed by atoms with Crippen molar-refractivity contribution in [1.29, 1.82) is 0 Å². The van der Waals surface area contributed by atoms with Crippen molar-refractivity contribution in [3.05, 3.63) is 0 Å². The molecule has 9 heteroatoms. The number of halogens is 4. The van der Waals surface area contributed by atoms with Gasteiger partial charge in [-0.05, 0) is 5.92 Å². The first kappa shape index (κ1) is 22.4. The van der Waals surface area contributed by atoms with E-state index in [0.717, 1.165) is 0 Å². The Labute approximate surface area is 141 Å². The highest BCUT2D eigenvalue weighted by Gasteiger charge is 2.43. The Bertz CT molecular complexity index is 338. The van der Waals surface area contributed by atoms with Gasteiger partial charge in [0.1, 0.15) is 6.04 Å². The first-order valence-corrected chi connectivity index (χ1v) is 7.66. The highest BCUT2D eigenvalue weighted by molar-refractivity contribution is 5.85. The third kappa shape index (κ3) is 9.34. The van der Waals surface area contributed by atoms with Crippen LogP contribution in [0.15, 0.2) is 0 Å². The van der Waals surface area contributed by atoms with Gasteiger partial charge in [0.25, 0.3) is 0 Å². The minimum Gasteiger partial charge on any atom is -0.381 e. The molecule has 0 saturated carbocycles. The minimum absolute atomic E-state index is 0. The number of nitrogens with one attached hydrogen (secondary N) is 2. The lowest BCUT2D eigenvalue weighted by molar-refractivity contribution is -0.184. The van der Waals surface area contributed by atoms with Gasteiger partial charge < -0.3 is 15.4 Å². The van der Waals surface area contributed by atoms with Gasteiger partial charge in [0, 0.05) is 45.8 Å². The van der Waals surface area contributed by atoms with Crippen molar-refractivity contribution < 1.29 is 22.7 Å². The number of piperazine rings is 1. The van der Waals surface area contributed by atoms with E-state index >= 15 is 0 Å². The summed E-state index contributed by atoms with van der Waals surface area (Å²) < 4.78 is 44.6. The van der Waals surface area contributed by atoms with E-state index in [4.69, 9.17) is 4.74 Å². The fourth-order valence-electron chi connectivity index (χ4n) is 2.23. The van der Waals surface area contributed by atoms with Crippen LogP contribution in [-0.2, 0) is 9.53 Å². The van der Waals surface area contributed by atoms with Crippen LogP contribution in [0.2, 0.25) is 0 Å². The molecule has 1 amide bonds. The molecule has 0 bridgehead atoms. The average Bonchev–Trinajstić information content (AvgIpc) is 2.43. The van der Waals surface area contributed by atoms with Crippen molar-refractivity contribution in [2.24, 2.45) is 5.92 Å². The van der Waals surface area contributed by atoms with Gasteiger partial charge in [-0.1, -0.05) is 13.8 Å². The Morgan fingerprint density at radius 2 is 1.91 bits per heavy atom. The summed E-state index contributed by atoms with van der Waals surface area (Å²) in [6, 6.07) is -1.63. The molecular formula is C14H27ClF3N3O2. The van der Waals surface area contributed by atoms with E-state index in [-0.39, 0.29) is 25.4 Å². The molecule has 1 heterocycles. The maximum absolute atomic E-state index is 13.1. The van der Waals surface area contributed by atoms with Crippen LogP contribution in [0.5, 0.6) is 0 Å². The predicted octanol–water partition coefficient (Wildman–Crippen LogP) is 1.42. The van der Waals surface area contributed by atoms with Crippen molar-refractivity contribution in [3.63, 3.8) is 0 Å². The summed E-state index contributed by atoms with van der Waals surface area (Å²) in [5.41, 5.74) is 0. The third-order valence-corrected chi connectivity index (χ3v) is 3.39. The molecule has 0 radical (unpaired) electrons. The number of hydrogen-bond acceptors (Lipinski definition) is 4. The van der Waals surface area contributed by atoms with Crippen LogP contribution in [0.1, 0.15) is 20.3 Å². The van der Waals surface area contributed by atoms with Gasteiger partial charge in [0.05, 0.1) is 6.61 Å². The number of hydrogen-bond donors (Lipinski definition) is 2. The van der Waals surface area contributed by atoms with Gasteiger partial charge in [-0.3, -0.25) is 9.69 Å². The normalized spacial score (nSPS) is 17.7. The van der Waals surface area contributed by atoms with Crippen LogP contribution in [0.3, 0.4) is 0 Å². The standard InChI is InChI=1S/C14H26F3N3O2.ClH/c1-11(2)10-22-8-3-13(21)19-9-12(14(15,16)17)20-6-4-18-5-7-20;/h11-12,18H,3-10H2,1-2H3,(H,19,21);1H. The fraction of sp³-hybridized carbons (Fsp3) is 0.929. The zero-order valence-corrected chi connectivity index (χ0v) is 14.4. The number of nitrogens with zero attached hydrogens (tertiary/aromatic N) is 1. The van der Waals surface area contributed by atoms with Gasteiger partial charge in [0.15, 0.2) is 0 Å². The molecule has 23 heavy (non-hydrogen) atoms. The Morgan fingerprint density at radius 1 is 1.30 bits per heavy atom. The van der Waals surface area contributed by atoms with E-state index < -0.39 is 24.7 Å². The Balaban J connectivity index is 0.00000484. The second-order valence-corrected chi connectivity index (χ2v) is 5.87. The lowest BCUT2D eigenvalue weighted by Crippen LogP contribution is -2.57. The maximum atomic E-state index is 13.1. The molecule has 1 saturated heterocycles. The monoisotopic (exact) mass is 361 g/mol. The quantitative estimate of drug-likeness (QED) is 0.642. The van der Waals surface area contributed by atoms with Crippen LogP contribution in [0.4, 0.5) is 13.2 Å². The number of carbonyl (C=O) groups excluding carboxylic acids is 1. The topological polar surface area (TPSA) is 53.6 Å². The van der Waals surface area contributed by atoms with Gasteiger partial charge in [-0.15, -0.1) is 12.4 Å². The van der Waals surface area contributed by atoms with E-state index in [1.54, 1.807) is 0 Å². The van der Waals surface area contributed by atoms with Crippen molar-refractivity contribution in [3.8, 4) is 0 Å². The van der Waals surface area contributed by atoms with E-state index in [0.29, 0.717) is 38.7 Å². The molecule has 0 spiro atoms. The minimum atomic E-state index is -4.35. The summed E-state index contributed by atoms with van der Waals surface area (Å²) in [6.45, 7) is 6.06. The van der Waals surface area contributed by atoms with E-state index in [9.17, 15) is 18.0 Å². The second-order valence-electron chi connectivity index (χ2n) is 5.87. The first-order valence-electron chi connectivity index (χ1n) is 7.66. The SMILES string of the molecule is CC(C)COCCC(=O)NCC(N1CCNCC1)C(F)(F)F.Cl. The molecule has 1 fully saturated rings. The van der Waals surface area contributed by atoms with Gasteiger partial charge in [-0.2, -0.15) is 13.2 Å². The van der Waals surface area contributed by atoms with Gasteiger partial charge >= 0.3 is 6.18 Å². The van der Waals surface area contributed by atoms with Crippen LogP contribution < -0.4 is 10.6 Å². The summed E-state index contributed by atoms with van der Waals surface area (Å²) in [5.74, 6) is -0.0430. The Morgan fingerprint density at radius 3 is 2.43 bits per heavy atom. The molecule has 1 rings (SSSR count). The summed E-state index contributed by atoms with van der Waals surface area (Å²) in [4.78, 5) is 13.0. The number of carbonyl (C=O) groups is 1. The Hall–Kier alpha value is -0.570. The summed E-state index contributed by atoms with van der Waals surface area (Å²) >= 11 is 0. The van der Waals surface area contributed by atoms with Crippen molar-refractivity contribution >= 4 is 18.3 Å². The number of ether oxygens (including phenoxy) is 1. The molecule has 1 unspecified atom stereocenters. The second kappa shape index (κ2) is 11.1. The van der Waals surface area contributed by atoms with E-state index in [2.05, 4.69) is 10.6 Å².